The number of ketones is 1. The summed E-state index contributed by atoms with van der Waals surface area (Å²) >= 11 is 0. The smallest absolute Gasteiger partial charge is 0.137 e. The fourth-order valence-corrected chi connectivity index (χ4v) is 7.89. The molecular formula is C23H34O. The minimum absolute atomic E-state index is 0.119. The van der Waals surface area contributed by atoms with Crippen LogP contribution in [0, 0.1) is 34.5 Å². The molecule has 24 heavy (non-hydrogen) atoms. The molecule has 0 bridgehead atoms. The Morgan fingerprint density at radius 2 is 1.88 bits per heavy atom. The molecule has 0 N–H and O–H groups in total. The van der Waals surface area contributed by atoms with Crippen molar-refractivity contribution in [3.8, 4) is 0 Å². The second-order valence-corrected chi connectivity index (χ2v) is 9.91. The predicted octanol–water partition coefficient (Wildman–Crippen LogP) is 6.10. The zero-order valence-corrected chi connectivity index (χ0v) is 16.1. The van der Waals surface area contributed by atoms with Crippen molar-refractivity contribution in [1.29, 1.82) is 0 Å². The maximum atomic E-state index is 12.4. The summed E-state index contributed by atoms with van der Waals surface area (Å²) in [6, 6.07) is 0. The molecular weight excluding hydrogens is 292 g/mol. The van der Waals surface area contributed by atoms with Gasteiger partial charge in [-0.05, 0) is 87.4 Å². The Kier molecular flexibility index (Phi) is 3.68. The van der Waals surface area contributed by atoms with E-state index in [-0.39, 0.29) is 11.3 Å². The van der Waals surface area contributed by atoms with Crippen LogP contribution in [0.2, 0.25) is 0 Å². The van der Waals surface area contributed by atoms with Gasteiger partial charge >= 0.3 is 0 Å². The summed E-state index contributed by atoms with van der Waals surface area (Å²) in [4.78, 5) is 12.4. The van der Waals surface area contributed by atoms with Crippen molar-refractivity contribution in [1.82, 2.24) is 0 Å². The van der Waals surface area contributed by atoms with Crippen LogP contribution < -0.4 is 0 Å². The second kappa shape index (κ2) is 5.32. The topological polar surface area (TPSA) is 17.1 Å². The van der Waals surface area contributed by atoms with Gasteiger partial charge in [0, 0.05) is 5.92 Å². The van der Waals surface area contributed by atoms with Crippen molar-refractivity contribution in [2.24, 2.45) is 34.5 Å². The highest BCUT2D eigenvalue weighted by molar-refractivity contribution is 5.82. The van der Waals surface area contributed by atoms with E-state index >= 15 is 0 Å². The molecule has 0 heterocycles. The zero-order chi connectivity index (χ0) is 17.3. The van der Waals surface area contributed by atoms with Gasteiger partial charge in [-0.25, -0.2) is 0 Å². The van der Waals surface area contributed by atoms with Crippen molar-refractivity contribution >= 4 is 5.78 Å². The average Bonchev–Trinajstić information content (AvgIpc) is 2.78. The van der Waals surface area contributed by atoms with Crippen LogP contribution in [-0.2, 0) is 4.79 Å². The highest BCUT2D eigenvalue weighted by Crippen LogP contribution is 2.67. The van der Waals surface area contributed by atoms with Gasteiger partial charge in [0.05, 0.1) is 0 Å². The number of rotatable bonds is 1. The number of hydrogen-bond acceptors (Lipinski definition) is 1. The molecule has 4 aliphatic carbocycles. The van der Waals surface area contributed by atoms with Crippen molar-refractivity contribution in [2.45, 2.75) is 79.1 Å². The standard InChI is InChI=1S/C23H34O/c1-14-12-17-19(22(4)10-7-6-8-18(14)22)9-11-23(5)20(17)13-15(2)21(23)16(3)24/h17,19-21H,2,6-13H2,1,3-5H3/t17-,19+,20+,21-,22+,23+/m1/s1. The summed E-state index contributed by atoms with van der Waals surface area (Å²) in [6.45, 7) is 13.5. The first-order valence-electron chi connectivity index (χ1n) is 10.2. The van der Waals surface area contributed by atoms with Gasteiger partial charge in [-0.1, -0.05) is 43.6 Å². The van der Waals surface area contributed by atoms with E-state index in [2.05, 4.69) is 27.4 Å². The van der Waals surface area contributed by atoms with Crippen LogP contribution >= 0.6 is 0 Å². The Balaban J connectivity index is 1.75. The Hall–Kier alpha value is -0.850. The maximum absolute atomic E-state index is 12.4. The van der Waals surface area contributed by atoms with Crippen LogP contribution in [0.25, 0.3) is 0 Å². The van der Waals surface area contributed by atoms with Crippen molar-refractivity contribution in [2.75, 3.05) is 0 Å². The highest BCUT2D eigenvalue weighted by atomic mass is 16.1. The van der Waals surface area contributed by atoms with Gasteiger partial charge in [-0.3, -0.25) is 4.79 Å². The lowest BCUT2D eigenvalue weighted by molar-refractivity contribution is -0.126. The largest absolute Gasteiger partial charge is 0.299 e. The minimum atomic E-state index is 0.119. The second-order valence-electron chi connectivity index (χ2n) is 9.91. The number of carbonyl (C=O) groups excluding carboxylic acids is 1. The molecule has 4 aliphatic rings. The van der Waals surface area contributed by atoms with Gasteiger partial charge in [-0.15, -0.1) is 0 Å². The van der Waals surface area contributed by atoms with Crippen LogP contribution in [0.1, 0.15) is 79.1 Å². The molecule has 0 aliphatic heterocycles. The van der Waals surface area contributed by atoms with E-state index in [1.807, 2.05) is 5.57 Å². The van der Waals surface area contributed by atoms with Crippen molar-refractivity contribution < 1.29 is 4.79 Å². The first-order valence-corrected chi connectivity index (χ1v) is 10.2. The van der Waals surface area contributed by atoms with Gasteiger partial charge in [-0.2, -0.15) is 0 Å². The van der Waals surface area contributed by atoms with Crippen LogP contribution in [-0.4, -0.2) is 5.78 Å². The Bertz CT molecular complexity index is 626. The lowest BCUT2D eigenvalue weighted by atomic mass is 9.46. The Morgan fingerprint density at radius 3 is 2.58 bits per heavy atom. The Morgan fingerprint density at radius 1 is 1.12 bits per heavy atom. The lowest BCUT2D eigenvalue weighted by Gasteiger charge is -2.58. The maximum Gasteiger partial charge on any atom is 0.137 e. The van der Waals surface area contributed by atoms with Crippen molar-refractivity contribution in [3.05, 3.63) is 23.3 Å². The molecule has 0 unspecified atom stereocenters. The summed E-state index contributed by atoms with van der Waals surface area (Å²) in [5, 5.41) is 0. The van der Waals surface area contributed by atoms with Crippen LogP contribution in [0.4, 0.5) is 0 Å². The van der Waals surface area contributed by atoms with Crippen LogP contribution in [0.5, 0.6) is 0 Å². The summed E-state index contributed by atoms with van der Waals surface area (Å²) in [5.74, 6) is 2.77. The number of allylic oxidation sites excluding steroid dienone is 3. The zero-order valence-electron chi connectivity index (χ0n) is 16.1. The molecule has 0 radical (unpaired) electrons. The third kappa shape index (κ3) is 2.02. The molecule has 0 amide bonds. The van der Waals surface area contributed by atoms with Gasteiger partial charge < -0.3 is 0 Å². The highest BCUT2D eigenvalue weighted by Gasteiger charge is 2.60. The number of fused-ring (bicyclic) bond motifs is 5. The fourth-order valence-electron chi connectivity index (χ4n) is 7.89. The molecule has 4 rings (SSSR count). The first-order chi connectivity index (χ1) is 11.3. The molecule has 0 aromatic carbocycles. The van der Waals surface area contributed by atoms with Gasteiger partial charge in [0.1, 0.15) is 5.78 Å². The number of carbonyl (C=O) groups is 1. The number of hydrogen-bond donors (Lipinski definition) is 0. The first kappa shape index (κ1) is 16.6. The van der Waals surface area contributed by atoms with E-state index < -0.39 is 0 Å². The summed E-state index contributed by atoms with van der Waals surface area (Å²) in [5.41, 5.74) is 5.37. The molecule has 1 nitrogen and oxygen atoms in total. The van der Waals surface area contributed by atoms with Gasteiger partial charge in [0.25, 0.3) is 0 Å². The van der Waals surface area contributed by atoms with Crippen LogP contribution in [0.3, 0.4) is 0 Å². The lowest BCUT2D eigenvalue weighted by Crippen LogP contribution is -2.50. The van der Waals surface area contributed by atoms with E-state index in [1.165, 1.54) is 50.5 Å². The van der Waals surface area contributed by atoms with E-state index in [1.54, 1.807) is 12.5 Å². The van der Waals surface area contributed by atoms with E-state index in [0.717, 1.165) is 18.3 Å². The molecule has 132 valence electrons. The normalized spacial score (nSPS) is 47.9. The van der Waals surface area contributed by atoms with E-state index in [9.17, 15) is 4.79 Å². The SMILES string of the molecule is C=C1C[C@H]2[C@@H]3CC(C)=C4CCCC[C@]4(C)[C@H]3CC[C@]2(C)[C@H]1C(C)=O. The molecule has 3 saturated carbocycles. The molecule has 6 atom stereocenters. The van der Waals surface area contributed by atoms with Crippen LogP contribution in [0.15, 0.2) is 23.3 Å². The quantitative estimate of drug-likeness (QED) is 0.532. The Labute approximate surface area is 148 Å². The summed E-state index contributed by atoms with van der Waals surface area (Å²) < 4.78 is 0. The van der Waals surface area contributed by atoms with Crippen molar-refractivity contribution in [3.63, 3.8) is 0 Å². The summed E-state index contributed by atoms with van der Waals surface area (Å²) in [6.07, 6.45) is 10.5. The molecule has 3 fully saturated rings. The number of Topliss-reactive ketones (excluding diaryl/α,β-unsaturated/α-hetero) is 1. The third-order valence-electron chi connectivity index (χ3n) is 8.77. The third-order valence-corrected chi connectivity index (χ3v) is 8.77. The molecule has 0 aromatic rings. The van der Waals surface area contributed by atoms with E-state index in [0.29, 0.717) is 17.1 Å². The molecule has 0 saturated heterocycles. The predicted molar refractivity (Wildman–Crippen MR) is 99.6 cm³/mol. The van der Waals surface area contributed by atoms with E-state index in [4.69, 9.17) is 0 Å². The fraction of sp³-hybridized carbons (Fsp3) is 0.783. The van der Waals surface area contributed by atoms with Gasteiger partial charge in [0.2, 0.25) is 0 Å². The molecule has 0 spiro atoms. The summed E-state index contributed by atoms with van der Waals surface area (Å²) in [7, 11) is 0. The minimum Gasteiger partial charge on any atom is -0.299 e. The average molecular weight is 327 g/mol. The molecule has 1 heteroatoms. The monoisotopic (exact) mass is 326 g/mol. The molecule has 0 aromatic heterocycles. The van der Waals surface area contributed by atoms with Gasteiger partial charge in [0.15, 0.2) is 0 Å².